The summed E-state index contributed by atoms with van der Waals surface area (Å²) >= 11 is 0. The van der Waals surface area contributed by atoms with Gasteiger partial charge in [0.05, 0.1) is 23.7 Å². The lowest BCUT2D eigenvalue weighted by molar-refractivity contribution is 0.0958. The van der Waals surface area contributed by atoms with Crippen LogP contribution in [0.4, 0.5) is 0 Å². The highest BCUT2D eigenvalue weighted by molar-refractivity contribution is 5.94. The maximum Gasteiger partial charge on any atom is 0.252 e. The Morgan fingerprint density at radius 1 is 1.12 bits per heavy atom. The van der Waals surface area contributed by atoms with E-state index in [1.165, 1.54) is 0 Å². The molecule has 0 saturated heterocycles. The number of hydrogen-bond acceptors (Lipinski definition) is 4. The van der Waals surface area contributed by atoms with E-state index in [1.807, 2.05) is 36.4 Å². The van der Waals surface area contributed by atoms with Crippen molar-refractivity contribution in [3.63, 3.8) is 0 Å². The molecule has 1 heterocycles. The highest BCUT2D eigenvalue weighted by atomic mass is 16.5. The molecule has 0 spiro atoms. The maximum atomic E-state index is 11.9. The van der Waals surface area contributed by atoms with Gasteiger partial charge in [0.15, 0.2) is 0 Å². The molecule has 5 heteroatoms. The number of rotatable bonds is 4. The number of nitriles is 1. The minimum Gasteiger partial charge on any atom is -0.481 e. The molecule has 0 aliphatic heterocycles. The van der Waals surface area contributed by atoms with E-state index in [0.29, 0.717) is 16.9 Å². The van der Waals surface area contributed by atoms with Gasteiger partial charge in [-0.2, -0.15) is 5.26 Å². The van der Waals surface area contributed by atoms with Crippen LogP contribution in [0.15, 0.2) is 60.8 Å². The van der Waals surface area contributed by atoms with Gasteiger partial charge in [0, 0.05) is 23.2 Å². The smallest absolute Gasteiger partial charge is 0.252 e. The number of amides is 1. The van der Waals surface area contributed by atoms with Crippen LogP contribution in [-0.4, -0.2) is 24.0 Å². The first-order chi connectivity index (χ1) is 12.8. The number of carbonyl (C=O) groups is 1. The van der Waals surface area contributed by atoms with Crippen LogP contribution in [0.3, 0.4) is 0 Å². The molecule has 0 unspecified atom stereocenters. The molecule has 26 heavy (non-hydrogen) atoms. The van der Waals surface area contributed by atoms with E-state index < -0.39 is 0 Å². The molecule has 5 nitrogen and oxygen atoms in total. The molecule has 1 amide bonds. The number of ether oxygens (including phenoxy) is 1. The van der Waals surface area contributed by atoms with Crippen LogP contribution in [-0.2, 0) is 0 Å². The number of benzene rings is 2. The average molecular weight is 341 g/mol. The molecule has 0 saturated carbocycles. The minimum absolute atomic E-state index is 0.224. The van der Waals surface area contributed by atoms with E-state index in [1.54, 1.807) is 30.5 Å². The van der Waals surface area contributed by atoms with Gasteiger partial charge in [-0.15, -0.1) is 0 Å². The lowest BCUT2D eigenvalue weighted by atomic mass is 10.1. The molecule has 0 aliphatic rings. The van der Waals surface area contributed by atoms with Gasteiger partial charge >= 0.3 is 0 Å². The van der Waals surface area contributed by atoms with Gasteiger partial charge in [0.25, 0.3) is 5.91 Å². The molecule has 3 rings (SSSR count). The van der Waals surface area contributed by atoms with Crippen molar-refractivity contribution in [1.29, 1.82) is 5.26 Å². The van der Waals surface area contributed by atoms with Crippen molar-refractivity contribution < 1.29 is 9.53 Å². The van der Waals surface area contributed by atoms with Crippen molar-refractivity contribution in [1.82, 2.24) is 10.3 Å². The van der Waals surface area contributed by atoms with Crippen LogP contribution in [0, 0.1) is 23.2 Å². The van der Waals surface area contributed by atoms with Crippen molar-refractivity contribution >= 4 is 16.8 Å². The SMILES string of the molecule is N#Cc1ccc(C(=O)NCC#CCOc2ccc3cccnc3c2)cc1. The zero-order chi connectivity index (χ0) is 18.2. The number of carbonyl (C=O) groups excluding carboxylic acids is 1. The summed E-state index contributed by atoms with van der Waals surface area (Å²) in [5, 5.41) is 12.5. The molecule has 0 bridgehead atoms. The molecular formula is C21H15N3O2. The standard InChI is InChI=1S/C21H15N3O2/c22-15-16-5-7-18(8-6-16)21(25)24-11-1-2-13-26-19-10-9-17-4-3-12-23-20(17)14-19/h3-10,12,14H,11,13H2,(H,24,25). The molecule has 1 N–H and O–H groups in total. The molecule has 1 aromatic heterocycles. The summed E-state index contributed by atoms with van der Waals surface area (Å²) in [4.78, 5) is 16.2. The molecule has 0 fully saturated rings. The van der Waals surface area contributed by atoms with Crippen LogP contribution in [0.1, 0.15) is 15.9 Å². The molecular weight excluding hydrogens is 326 g/mol. The first kappa shape index (κ1) is 17.0. The van der Waals surface area contributed by atoms with Crippen LogP contribution in [0.5, 0.6) is 5.75 Å². The number of fused-ring (bicyclic) bond motifs is 1. The molecule has 126 valence electrons. The monoisotopic (exact) mass is 341 g/mol. The summed E-state index contributed by atoms with van der Waals surface area (Å²) in [6.45, 7) is 0.451. The Hall–Kier alpha value is -3.83. The van der Waals surface area contributed by atoms with Gasteiger partial charge in [-0.1, -0.05) is 17.9 Å². The lowest BCUT2D eigenvalue weighted by Crippen LogP contribution is -2.23. The Labute approximate surface area is 151 Å². The van der Waals surface area contributed by atoms with Crippen molar-refractivity contribution in [3.8, 4) is 23.7 Å². The van der Waals surface area contributed by atoms with Gasteiger partial charge in [0.1, 0.15) is 12.4 Å². The van der Waals surface area contributed by atoms with Gasteiger partial charge in [-0.25, -0.2) is 0 Å². The normalized spacial score (nSPS) is 9.65. The molecule has 2 aromatic carbocycles. The zero-order valence-corrected chi connectivity index (χ0v) is 13.9. The summed E-state index contributed by atoms with van der Waals surface area (Å²) in [5.74, 6) is 6.17. The topological polar surface area (TPSA) is 75.0 Å². The maximum absolute atomic E-state index is 11.9. The lowest BCUT2D eigenvalue weighted by Gasteiger charge is -2.03. The molecule has 0 radical (unpaired) electrons. The second kappa shape index (κ2) is 8.32. The van der Waals surface area contributed by atoms with Crippen LogP contribution >= 0.6 is 0 Å². The fraction of sp³-hybridized carbons (Fsp3) is 0.0952. The summed E-state index contributed by atoms with van der Waals surface area (Å²) in [6.07, 6.45) is 1.74. The summed E-state index contributed by atoms with van der Waals surface area (Å²) < 4.78 is 5.57. The fourth-order valence-corrected chi connectivity index (χ4v) is 2.29. The highest BCUT2D eigenvalue weighted by Crippen LogP contribution is 2.18. The van der Waals surface area contributed by atoms with Crippen molar-refractivity contribution in [2.75, 3.05) is 13.2 Å². The number of pyridine rings is 1. The fourth-order valence-electron chi connectivity index (χ4n) is 2.29. The third-order valence-corrected chi connectivity index (χ3v) is 3.63. The van der Waals surface area contributed by atoms with Crippen LogP contribution < -0.4 is 10.1 Å². The first-order valence-corrected chi connectivity index (χ1v) is 7.98. The van der Waals surface area contributed by atoms with Gasteiger partial charge < -0.3 is 10.1 Å². The highest BCUT2D eigenvalue weighted by Gasteiger charge is 2.03. The second-order valence-corrected chi connectivity index (χ2v) is 5.37. The zero-order valence-electron chi connectivity index (χ0n) is 13.9. The van der Waals surface area contributed by atoms with Crippen molar-refractivity contribution in [2.24, 2.45) is 0 Å². The Bertz CT molecular complexity index is 1020. The van der Waals surface area contributed by atoms with E-state index in [9.17, 15) is 4.79 Å². The summed E-state index contributed by atoms with van der Waals surface area (Å²) in [5.41, 5.74) is 1.88. The number of aromatic nitrogens is 1. The van der Waals surface area contributed by atoms with Crippen LogP contribution in [0.25, 0.3) is 10.9 Å². The third kappa shape index (κ3) is 4.37. The van der Waals surface area contributed by atoms with Gasteiger partial charge in [-0.3, -0.25) is 9.78 Å². The predicted molar refractivity (Wildman–Crippen MR) is 98.5 cm³/mol. The minimum atomic E-state index is -0.231. The average Bonchev–Trinajstić information content (AvgIpc) is 2.70. The largest absolute Gasteiger partial charge is 0.481 e. The summed E-state index contributed by atoms with van der Waals surface area (Å²) in [6, 6.07) is 18.0. The van der Waals surface area contributed by atoms with E-state index >= 15 is 0 Å². The van der Waals surface area contributed by atoms with E-state index in [2.05, 4.69) is 22.1 Å². The Balaban J connectivity index is 1.46. The quantitative estimate of drug-likeness (QED) is 0.741. The van der Waals surface area contributed by atoms with E-state index in [4.69, 9.17) is 10.00 Å². The molecule has 3 aromatic rings. The molecule has 0 aliphatic carbocycles. The number of hydrogen-bond donors (Lipinski definition) is 1. The summed E-state index contributed by atoms with van der Waals surface area (Å²) in [7, 11) is 0. The second-order valence-electron chi connectivity index (χ2n) is 5.37. The Kier molecular flexibility index (Phi) is 5.44. The van der Waals surface area contributed by atoms with Crippen LogP contribution in [0.2, 0.25) is 0 Å². The number of nitrogens with one attached hydrogen (secondary N) is 1. The molecule has 0 atom stereocenters. The Morgan fingerprint density at radius 3 is 2.77 bits per heavy atom. The van der Waals surface area contributed by atoms with E-state index in [-0.39, 0.29) is 19.1 Å². The Morgan fingerprint density at radius 2 is 1.96 bits per heavy atom. The third-order valence-electron chi connectivity index (χ3n) is 3.63. The van der Waals surface area contributed by atoms with Crippen molar-refractivity contribution in [2.45, 2.75) is 0 Å². The van der Waals surface area contributed by atoms with E-state index in [0.717, 1.165) is 10.9 Å². The first-order valence-electron chi connectivity index (χ1n) is 7.98. The predicted octanol–water partition coefficient (Wildman–Crippen LogP) is 2.92. The van der Waals surface area contributed by atoms with Crippen molar-refractivity contribution in [3.05, 3.63) is 71.9 Å². The van der Waals surface area contributed by atoms with Gasteiger partial charge in [0.2, 0.25) is 0 Å². The van der Waals surface area contributed by atoms with Gasteiger partial charge in [-0.05, 0) is 42.5 Å². The number of nitrogens with zero attached hydrogens (tertiary/aromatic N) is 2.